The fourth-order valence-electron chi connectivity index (χ4n) is 4.27. The van der Waals surface area contributed by atoms with Gasteiger partial charge in [-0.15, -0.1) is 0 Å². The van der Waals surface area contributed by atoms with Crippen molar-refractivity contribution in [3.63, 3.8) is 0 Å². The van der Waals surface area contributed by atoms with Gasteiger partial charge < -0.3 is 10.2 Å². The topological polar surface area (TPSA) is 86.8 Å². The third-order valence-electron chi connectivity index (χ3n) is 6.37. The number of carbonyl (C=O) groups is 2. The molecule has 0 spiro atoms. The summed E-state index contributed by atoms with van der Waals surface area (Å²) in [7, 11) is -4.24. The Balaban J connectivity index is 2.04. The van der Waals surface area contributed by atoms with Gasteiger partial charge in [-0.05, 0) is 68.7 Å². The van der Waals surface area contributed by atoms with E-state index in [1.54, 1.807) is 24.3 Å². The summed E-state index contributed by atoms with van der Waals surface area (Å²) in [5.41, 5.74) is 3.04. The van der Waals surface area contributed by atoms with Crippen LogP contribution in [0.25, 0.3) is 0 Å². The Morgan fingerprint density at radius 2 is 1.59 bits per heavy atom. The SMILES string of the molecule is CCCNC(=O)[C@@H](CC)N(Cc1cccc(C)c1)C(=O)CN(c1ccc(C)cc1)S(=O)(=O)c1ccc(F)cc1. The molecular weight excluding hydrogens is 517 g/mol. The maximum atomic E-state index is 14.0. The number of nitrogens with one attached hydrogen (secondary N) is 1. The number of hydrogen-bond donors (Lipinski definition) is 1. The van der Waals surface area contributed by atoms with E-state index < -0.39 is 34.3 Å². The molecule has 3 aromatic carbocycles. The Bertz CT molecular complexity index is 1380. The van der Waals surface area contributed by atoms with Crippen LogP contribution in [0.3, 0.4) is 0 Å². The van der Waals surface area contributed by atoms with E-state index in [2.05, 4.69) is 5.32 Å². The van der Waals surface area contributed by atoms with Crippen LogP contribution in [0.15, 0.2) is 77.7 Å². The summed E-state index contributed by atoms with van der Waals surface area (Å²) in [6, 6.07) is 18.1. The molecule has 7 nitrogen and oxygen atoms in total. The first-order chi connectivity index (χ1) is 18.6. The van der Waals surface area contributed by atoms with Gasteiger partial charge in [-0.2, -0.15) is 0 Å². The zero-order chi connectivity index (χ0) is 28.6. The minimum Gasteiger partial charge on any atom is -0.354 e. The van der Waals surface area contributed by atoms with Gasteiger partial charge in [0.2, 0.25) is 11.8 Å². The highest BCUT2D eigenvalue weighted by Crippen LogP contribution is 2.25. The third kappa shape index (κ3) is 7.66. The Labute approximate surface area is 230 Å². The molecule has 0 aliphatic carbocycles. The normalized spacial score (nSPS) is 12.0. The van der Waals surface area contributed by atoms with Crippen molar-refractivity contribution in [2.75, 3.05) is 17.4 Å². The van der Waals surface area contributed by atoms with Gasteiger partial charge in [-0.1, -0.05) is 61.4 Å². The molecule has 0 aliphatic heterocycles. The lowest BCUT2D eigenvalue weighted by atomic mass is 10.1. The zero-order valence-electron chi connectivity index (χ0n) is 22.9. The second-order valence-corrected chi connectivity index (χ2v) is 11.4. The summed E-state index contributed by atoms with van der Waals surface area (Å²) >= 11 is 0. The fourth-order valence-corrected chi connectivity index (χ4v) is 5.68. The van der Waals surface area contributed by atoms with E-state index >= 15 is 0 Å². The lowest BCUT2D eigenvalue weighted by Crippen LogP contribution is -2.52. The molecule has 1 N–H and O–H groups in total. The smallest absolute Gasteiger partial charge is 0.264 e. The van der Waals surface area contributed by atoms with Gasteiger partial charge in [-0.3, -0.25) is 13.9 Å². The van der Waals surface area contributed by atoms with E-state index in [0.29, 0.717) is 13.0 Å². The van der Waals surface area contributed by atoms with Crippen molar-refractivity contribution in [1.82, 2.24) is 10.2 Å². The van der Waals surface area contributed by atoms with Gasteiger partial charge in [0.1, 0.15) is 18.4 Å². The molecule has 1 atom stereocenters. The largest absolute Gasteiger partial charge is 0.354 e. The second-order valence-electron chi connectivity index (χ2n) is 9.53. The van der Waals surface area contributed by atoms with E-state index in [-0.39, 0.29) is 23.0 Å². The summed E-state index contributed by atoms with van der Waals surface area (Å²) in [5.74, 6) is -1.38. The van der Waals surface area contributed by atoms with Crippen LogP contribution in [0, 0.1) is 19.7 Å². The van der Waals surface area contributed by atoms with Gasteiger partial charge in [0, 0.05) is 13.1 Å². The molecule has 208 valence electrons. The average molecular weight is 554 g/mol. The predicted molar refractivity (Wildman–Crippen MR) is 151 cm³/mol. The summed E-state index contributed by atoms with van der Waals surface area (Å²) in [5, 5.41) is 2.87. The molecule has 0 saturated heterocycles. The van der Waals surface area contributed by atoms with E-state index in [0.717, 1.165) is 39.5 Å². The molecule has 0 aliphatic rings. The summed E-state index contributed by atoms with van der Waals surface area (Å²) < 4.78 is 42.1. The van der Waals surface area contributed by atoms with Crippen LogP contribution >= 0.6 is 0 Å². The molecule has 3 rings (SSSR count). The number of amides is 2. The van der Waals surface area contributed by atoms with Crippen molar-refractivity contribution >= 4 is 27.5 Å². The van der Waals surface area contributed by atoms with Gasteiger partial charge in [0.25, 0.3) is 10.0 Å². The first-order valence-electron chi connectivity index (χ1n) is 13.0. The van der Waals surface area contributed by atoms with E-state index in [1.807, 2.05) is 52.0 Å². The molecular formula is C30H36FN3O4S. The predicted octanol–water partition coefficient (Wildman–Crippen LogP) is 4.97. The summed E-state index contributed by atoms with van der Waals surface area (Å²) in [4.78, 5) is 28.4. The maximum Gasteiger partial charge on any atom is 0.264 e. The van der Waals surface area contributed by atoms with Crippen molar-refractivity contribution in [2.45, 2.75) is 58.0 Å². The Morgan fingerprint density at radius 1 is 0.923 bits per heavy atom. The highest BCUT2D eigenvalue weighted by molar-refractivity contribution is 7.92. The van der Waals surface area contributed by atoms with Gasteiger partial charge in [-0.25, -0.2) is 12.8 Å². The number of anilines is 1. The number of benzene rings is 3. The van der Waals surface area contributed by atoms with Crippen molar-refractivity contribution in [2.24, 2.45) is 0 Å². The lowest BCUT2D eigenvalue weighted by Gasteiger charge is -2.33. The zero-order valence-corrected chi connectivity index (χ0v) is 23.7. The summed E-state index contributed by atoms with van der Waals surface area (Å²) in [6.07, 6.45) is 1.09. The van der Waals surface area contributed by atoms with Crippen molar-refractivity contribution in [1.29, 1.82) is 0 Å². The number of sulfonamides is 1. The van der Waals surface area contributed by atoms with Crippen molar-refractivity contribution < 1.29 is 22.4 Å². The van der Waals surface area contributed by atoms with E-state index in [4.69, 9.17) is 0 Å². The molecule has 3 aromatic rings. The fraction of sp³-hybridized carbons (Fsp3) is 0.333. The molecule has 0 radical (unpaired) electrons. The highest BCUT2D eigenvalue weighted by Gasteiger charge is 2.33. The Morgan fingerprint density at radius 3 is 2.18 bits per heavy atom. The van der Waals surface area contributed by atoms with Crippen LogP contribution < -0.4 is 9.62 Å². The Hall–Kier alpha value is -3.72. The number of halogens is 1. The first kappa shape index (κ1) is 29.8. The monoisotopic (exact) mass is 553 g/mol. The van der Waals surface area contributed by atoms with Crippen LogP contribution in [0.5, 0.6) is 0 Å². The molecule has 9 heteroatoms. The minimum atomic E-state index is -4.24. The molecule has 0 bridgehead atoms. The molecule has 39 heavy (non-hydrogen) atoms. The van der Waals surface area contributed by atoms with Gasteiger partial charge in [0.05, 0.1) is 10.6 Å². The Kier molecular flexibility index (Phi) is 10.2. The number of aryl methyl sites for hydroxylation is 2. The van der Waals surface area contributed by atoms with E-state index in [9.17, 15) is 22.4 Å². The van der Waals surface area contributed by atoms with Crippen molar-refractivity contribution in [3.05, 3.63) is 95.3 Å². The maximum absolute atomic E-state index is 14.0. The molecule has 0 saturated carbocycles. The van der Waals surface area contributed by atoms with E-state index in [1.165, 1.54) is 17.0 Å². The van der Waals surface area contributed by atoms with Gasteiger partial charge >= 0.3 is 0 Å². The van der Waals surface area contributed by atoms with Gasteiger partial charge in [0.15, 0.2) is 0 Å². The molecule has 0 fully saturated rings. The minimum absolute atomic E-state index is 0.136. The molecule has 2 amide bonds. The van der Waals surface area contributed by atoms with Crippen LogP contribution in [0.2, 0.25) is 0 Å². The first-order valence-corrected chi connectivity index (χ1v) is 14.5. The van der Waals surface area contributed by atoms with Crippen molar-refractivity contribution in [3.8, 4) is 0 Å². The van der Waals surface area contributed by atoms with Crippen LogP contribution in [0.1, 0.15) is 43.4 Å². The molecule has 0 aromatic heterocycles. The number of carbonyl (C=O) groups excluding carboxylic acids is 2. The third-order valence-corrected chi connectivity index (χ3v) is 8.16. The van der Waals surface area contributed by atoms with Crippen LogP contribution in [0.4, 0.5) is 10.1 Å². The second kappa shape index (κ2) is 13.4. The lowest BCUT2D eigenvalue weighted by molar-refractivity contribution is -0.140. The quantitative estimate of drug-likeness (QED) is 0.343. The number of hydrogen-bond acceptors (Lipinski definition) is 4. The summed E-state index contributed by atoms with van der Waals surface area (Å²) in [6.45, 7) is 7.64. The standard InChI is InChI=1S/C30H36FN3O4S/c1-5-18-32-30(36)28(6-2)33(20-24-9-7-8-23(4)19-24)29(35)21-34(26-14-10-22(3)11-15-26)39(37,38)27-16-12-25(31)13-17-27/h7-17,19,28H,5-6,18,20-21H2,1-4H3,(H,32,36)/t28-/m1/s1. The number of rotatable bonds is 12. The molecule has 0 heterocycles. The van der Waals surface area contributed by atoms with Crippen LogP contribution in [-0.4, -0.2) is 44.3 Å². The highest BCUT2D eigenvalue weighted by atomic mass is 32.2. The number of nitrogens with zero attached hydrogens (tertiary/aromatic N) is 2. The molecule has 0 unspecified atom stereocenters. The van der Waals surface area contributed by atoms with Crippen LogP contribution in [-0.2, 0) is 26.2 Å². The average Bonchev–Trinajstić information content (AvgIpc) is 2.91.